The molecular weight excluding hydrogens is 266 g/mol. The Morgan fingerprint density at radius 3 is 2.24 bits per heavy atom. The van der Waals surface area contributed by atoms with Gasteiger partial charge in [0.05, 0.1) is 0 Å². The largest absolute Gasteiger partial charge is 0.424 e. The van der Waals surface area contributed by atoms with Crippen LogP contribution < -0.4 is 15.4 Å². The van der Waals surface area contributed by atoms with Gasteiger partial charge >= 0.3 is 6.01 Å². The van der Waals surface area contributed by atoms with E-state index in [4.69, 9.17) is 10.5 Å². The molecule has 2 N–H and O–H groups in total. The van der Waals surface area contributed by atoms with E-state index < -0.39 is 0 Å². The van der Waals surface area contributed by atoms with Crippen LogP contribution in [0.25, 0.3) is 0 Å². The molecule has 2 rings (SSSR count). The van der Waals surface area contributed by atoms with E-state index in [0.717, 1.165) is 19.5 Å². The fraction of sp³-hybridized carbons (Fsp3) is 0.400. The van der Waals surface area contributed by atoms with Crippen LogP contribution in [0.3, 0.4) is 0 Å². The van der Waals surface area contributed by atoms with Crippen molar-refractivity contribution in [1.82, 2.24) is 15.0 Å². The number of nitrogen functional groups attached to an aromatic ring is 1. The third-order valence-electron chi connectivity index (χ3n) is 3.21. The maximum absolute atomic E-state index is 5.74. The monoisotopic (exact) mass is 287 g/mol. The molecule has 1 heterocycles. The van der Waals surface area contributed by atoms with E-state index >= 15 is 0 Å². The van der Waals surface area contributed by atoms with Gasteiger partial charge in [0, 0.05) is 13.1 Å². The zero-order valence-electron chi connectivity index (χ0n) is 12.7. The van der Waals surface area contributed by atoms with Crippen molar-refractivity contribution in [2.45, 2.75) is 27.2 Å². The van der Waals surface area contributed by atoms with Gasteiger partial charge in [-0.3, -0.25) is 0 Å². The van der Waals surface area contributed by atoms with Crippen molar-refractivity contribution in [2.75, 3.05) is 23.7 Å². The molecular formula is C15H21N5O. The molecule has 0 spiro atoms. The molecule has 0 aliphatic carbocycles. The summed E-state index contributed by atoms with van der Waals surface area (Å²) in [6, 6.07) is 8.05. The van der Waals surface area contributed by atoms with Gasteiger partial charge in [0.1, 0.15) is 5.75 Å². The molecule has 0 amide bonds. The zero-order chi connectivity index (χ0) is 15.2. The van der Waals surface area contributed by atoms with Crippen LogP contribution in [-0.2, 0) is 6.42 Å². The molecule has 0 unspecified atom stereocenters. The fourth-order valence-electron chi connectivity index (χ4n) is 1.95. The maximum Gasteiger partial charge on any atom is 0.328 e. The highest BCUT2D eigenvalue weighted by molar-refractivity contribution is 5.37. The summed E-state index contributed by atoms with van der Waals surface area (Å²) < 4.78 is 5.67. The van der Waals surface area contributed by atoms with Crippen molar-refractivity contribution < 1.29 is 4.74 Å². The zero-order valence-corrected chi connectivity index (χ0v) is 12.7. The molecule has 1 aromatic heterocycles. The first-order valence-corrected chi connectivity index (χ1v) is 7.19. The van der Waals surface area contributed by atoms with Gasteiger partial charge in [-0.1, -0.05) is 19.1 Å². The second kappa shape index (κ2) is 6.88. The predicted octanol–water partition coefficient (Wildman–Crippen LogP) is 2.65. The van der Waals surface area contributed by atoms with Gasteiger partial charge in [-0.05, 0) is 38.0 Å². The van der Waals surface area contributed by atoms with Crippen molar-refractivity contribution >= 4 is 11.9 Å². The molecule has 0 saturated heterocycles. The smallest absolute Gasteiger partial charge is 0.328 e. The summed E-state index contributed by atoms with van der Waals surface area (Å²) in [6.45, 7) is 7.77. The summed E-state index contributed by atoms with van der Waals surface area (Å²) in [5.41, 5.74) is 6.99. The minimum atomic E-state index is 0.159. The van der Waals surface area contributed by atoms with Crippen molar-refractivity contribution in [3.63, 3.8) is 0 Å². The van der Waals surface area contributed by atoms with Gasteiger partial charge in [-0.25, -0.2) is 0 Å². The average Bonchev–Trinajstić information content (AvgIpc) is 2.49. The second-order valence-electron chi connectivity index (χ2n) is 4.55. The van der Waals surface area contributed by atoms with Crippen molar-refractivity contribution in [1.29, 1.82) is 0 Å². The van der Waals surface area contributed by atoms with Crippen LogP contribution in [0.4, 0.5) is 11.9 Å². The molecule has 0 radical (unpaired) electrons. The fourth-order valence-corrected chi connectivity index (χ4v) is 1.95. The van der Waals surface area contributed by atoms with Crippen molar-refractivity contribution in [3.05, 3.63) is 29.8 Å². The summed E-state index contributed by atoms with van der Waals surface area (Å²) in [4.78, 5) is 14.5. The number of aromatic nitrogens is 3. The molecule has 6 nitrogen and oxygen atoms in total. The Bertz CT molecular complexity index is 581. The van der Waals surface area contributed by atoms with Crippen molar-refractivity contribution in [3.8, 4) is 11.8 Å². The van der Waals surface area contributed by atoms with E-state index in [-0.39, 0.29) is 12.0 Å². The Morgan fingerprint density at radius 1 is 1.00 bits per heavy atom. The minimum absolute atomic E-state index is 0.159. The highest BCUT2D eigenvalue weighted by Gasteiger charge is 2.11. The number of hydrogen-bond donors (Lipinski definition) is 1. The lowest BCUT2D eigenvalue weighted by Gasteiger charge is -2.18. The van der Waals surface area contributed by atoms with Gasteiger partial charge in [0.2, 0.25) is 11.9 Å². The van der Waals surface area contributed by atoms with Gasteiger partial charge in [0.25, 0.3) is 0 Å². The lowest BCUT2D eigenvalue weighted by molar-refractivity contribution is 0.440. The molecule has 112 valence electrons. The highest BCUT2D eigenvalue weighted by atomic mass is 16.5. The quantitative estimate of drug-likeness (QED) is 0.880. The van der Waals surface area contributed by atoms with Crippen LogP contribution in [-0.4, -0.2) is 28.0 Å². The highest BCUT2D eigenvalue weighted by Crippen LogP contribution is 2.21. The van der Waals surface area contributed by atoms with E-state index in [9.17, 15) is 0 Å². The first-order chi connectivity index (χ1) is 10.2. The number of benzene rings is 1. The van der Waals surface area contributed by atoms with Crippen LogP contribution in [0.2, 0.25) is 0 Å². The molecule has 0 atom stereocenters. The first-order valence-electron chi connectivity index (χ1n) is 7.19. The number of nitrogens with zero attached hydrogens (tertiary/aromatic N) is 4. The van der Waals surface area contributed by atoms with Crippen molar-refractivity contribution in [2.24, 2.45) is 0 Å². The molecule has 0 aliphatic heterocycles. The minimum Gasteiger partial charge on any atom is -0.424 e. The molecule has 1 aromatic carbocycles. The summed E-state index contributed by atoms with van der Waals surface area (Å²) >= 11 is 0. The lowest BCUT2D eigenvalue weighted by atomic mass is 10.2. The van der Waals surface area contributed by atoms with Gasteiger partial charge in [0.15, 0.2) is 0 Å². The van der Waals surface area contributed by atoms with Crippen LogP contribution in [0.1, 0.15) is 26.3 Å². The maximum atomic E-state index is 5.74. The third-order valence-corrected chi connectivity index (χ3v) is 3.21. The normalized spacial score (nSPS) is 10.4. The second-order valence-corrected chi connectivity index (χ2v) is 4.55. The van der Waals surface area contributed by atoms with Crippen LogP contribution in [0.15, 0.2) is 24.3 Å². The summed E-state index contributed by atoms with van der Waals surface area (Å²) in [6.07, 6.45) is 0.991. The summed E-state index contributed by atoms with van der Waals surface area (Å²) in [7, 11) is 0. The third kappa shape index (κ3) is 3.81. The Hall–Kier alpha value is -2.37. The van der Waals surface area contributed by atoms with Gasteiger partial charge in [-0.2, -0.15) is 15.0 Å². The van der Waals surface area contributed by atoms with E-state index in [1.54, 1.807) is 0 Å². The Labute approximate surface area is 125 Å². The Balaban J connectivity index is 2.22. The Kier molecular flexibility index (Phi) is 4.92. The van der Waals surface area contributed by atoms with Crippen LogP contribution in [0, 0.1) is 0 Å². The molecule has 2 aromatic rings. The predicted molar refractivity (Wildman–Crippen MR) is 83.7 cm³/mol. The topological polar surface area (TPSA) is 77.2 Å². The Morgan fingerprint density at radius 2 is 1.67 bits per heavy atom. The molecule has 6 heteroatoms. The van der Waals surface area contributed by atoms with E-state index in [1.807, 2.05) is 43.0 Å². The van der Waals surface area contributed by atoms with E-state index in [2.05, 4.69) is 21.9 Å². The molecule has 0 saturated carbocycles. The average molecular weight is 287 g/mol. The summed E-state index contributed by atoms with van der Waals surface area (Å²) in [5.74, 6) is 1.38. The molecule has 21 heavy (non-hydrogen) atoms. The lowest BCUT2D eigenvalue weighted by Crippen LogP contribution is -2.25. The van der Waals surface area contributed by atoms with Crippen LogP contribution >= 0.6 is 0 Å². The van der Waals surface area contributed by atoms with E-state index in [0.29, 0.717) is 11.7 Å². The van der Waals surface area contributed by atoms with Gasteiger partial charge in [-0.15, -0.1) is 0 Å². The molecule has 0 aliphatic rings. The van der Waals surface area contributed by atoms with E-state index in [1.165, 1.54) is 5.56 Å². The summed E-state index contributed by atoms with van der Waals surface area (Å²) in [5, 5.41) is 0. The van der Waals surface area contributed by atoms with Crippen LogP contribution in [0.5, 0.6) is 11.8 Å². The standard InChI is InChI=1S/C15H21N5O/c1-4-11-7-9-12(10-8-11)21-15-18-13(16)17-14(19-15)20(5-2)6-3/h7-10H,4-6H2,1-3H3,(H2,16,17,18,19). The number of aryl methyl sites for hydroxylation is 1. The first kappa shape index (κ1) is 15.0. The number of nitrogens with two attached hydrogens (primary N) is 1. The molecule has 0 bridgehead atoms. The molecule has 0 fully saturated rings. The number of anilines is 2. The number of hydrogen-bond acceptors (Lipinski definition) is 6. The SMILES string of the molecule is CCc1ccc(Oc2nc(N)nc(N(CC)CC)n2)cc1. The van der Waals surface area contributed by atoms with Gasteiger partial charge < -0.3 is 15.4 Å². The number of ether oxygens (including phenoxy) is 1. The number of rotatable bonds is 6.